The Bertz CT molecular complexity index is 1170. The zero-order valence-corrected chi connectivity index (χ0v) is 17.9. The smallest absolute Gasteiger partial charge is 0.255 e. The molecule has 5 rings (SSSR count). The second-order valence-corrected chi connectivity index (χ2v) is 8.52. The lowest BCUT2D eigenvalue weighted by Gasteiger charge is -2.34. The van der Waals surface area contributed by atoms with Crippen LogP contribution in [0.2, 0.25) is 0 Å². The highest BCUT2D eigenvalue weighted by molar-refractivity contribution is 7.21. The average Bonchev–Trinajstić information content (AvgIpc) is 3.34. The molecule has 1 aromatic carbocycles. The first kappa shape index (κ1) is 18.8. The first-order valence-electron chi connectivity index (χ1n) is 10.1. The molecule has 30 heavy (non-hydrogen) atoms. The predicted octanol–water partition coefficient (Wildman–Crippen LogP) is 4.06. The Kier molecular flexibility index (Phi) is 4.75. The molecular weight excluding hydrogens is 394 g/mol. The number of thiazole rings is 1. The molecule has 0 radical (unpaired) electrons. The van der Waals surface area contributed by atoms with E-state index in [4.69, 9.17) is 4.98 Å². The summed E-state index contributed by atoms with van der Waals surface area (Å²) in [7, 11) is 0. The lowest BCUT2D eigenvalue weighted by molar-refractivity contribution is 0.0746. The summed E-state index contributed by atoms with van der Waals surface area (Å²) in [5.41, 5.74) is 4.87. The molecule has 0 spiro atoms. The maximum Gasteiger partial charge on any atom is 0.255 e. The number of piperazine rings is 1. The van der Waals surface area contributed by atoms with Gasteiger partial charge in [-0.2, -0.15) is 0 Å². The highest BCUT2D eigenvalue weighted by Gasteiger charge is 2.26. The fourth-order valence-corrected chi connectivity index (χ4v) is 5.08. The van der Waals surface area contributed by atoms with Gasteiger partial charge in [-0.05, 0) is 44.2 Å². The summed E-state index contributed by atoms with van der Waals surface area (Å²) in [5.74, 6) is 0.107. The normalized spacial score (nSPS) is 14.5. The Morgan fingerprint density at radius 2 is 1.77 bits per heavy atom. The minimum Gasteiger partial charge on any atom is -0.344 e. The molecule has 1 aliphatic rings. The van der Waals surface area contributed by atoms with Crippen LogP contribution in [0.1, 0.15) is 21.7 Å². The van der Waals surface area contributed by atoms with Crippen LogP contribution in [0.5, 0.6) is 0 Å². The van der Waals surface area contributed by atoms with Crippen molar-refractivity contribution in [3.8, 4) is 5.69 Å². The molecule has 0 unspecified atom stereocenters. The number of anilines is 1. The van der Waals surface area contributed by atoms with Crippen molar-refractivity contribution in [1.82, 2.24) is 19.4 Å². The standard InChI is InChI=1S/C23H23N5OS/c1-16-15-19(17(2)28(16)18-7-4-3-5-8-18)22(29)26-11-13-27(14-12-26)23-25-20-9-6-10-24-21(20)30-23/h3-10,15H,11-14H2,1-2H3. The van der Waals surface area contributed by atoms with E-state index >= 15 is 0 Å². The number of hydrogen-bond acceptors (Lipinski definition) is 5. The van der Waals surface area contributed by atoms with Gasteiger partial charge in [-0.25, -0.2) is 9.97 Å². The molecule has 4 heterocycles. The number of nitrogens with zero attached hydrogens (tertiary/aromatic N) is 5. The molecule has 0 N–H and O–H groups in total. The largest absolute Gasteiger partial charge is 0.344 e. The number of carbonyl (C=O) groups excluding carboxylic acids is 1. The second-order valence-electron chi connectivity index (χ2n) is 7.56. The van der Waals surface area contributed by atoms with Gasteiger partial charge in [0.15, 0.2) is 5.13 Å². The van der Waals surface area contributed by atoms with Crippen molar-refractivity contribution < 1.29 is 4.79 Å². The topological polar surface area (TPSA) is 54.3 Å². The van der Waals surface area contributed by atoms with Crippen LogP contribution in [0, 0.1) is 13.8 Å². The summed E-state index contributed by atoms with van der Waals surface area (Å²) >= 11 is 1.61. The van der Waals surface area contributed by atoms with Crippen LogP contribution in [0.3, 0.4) is 0 Å². The number of aromatic nitrogens is 3. The number of aryl methyl sites for hydroxylation is 1. The molecule has 152 valence electrons. The van der Waals surface area contributed by atoms with E-state index in [2.05, 4.69) is 33.5 Å². The highest BCUT2D eigenvalue weighted by atomic mass is 32.1. The van der Waals surface area contributed by atoms with Crippen LogP contribution in [0.25, 0.3) is 16.0 Å². The maximum atomic E-state index is 13.3. The van der Waals surface area contributed by atoms with Crippen LogP contribution in [-0.2, 0) is 0 Å². The number of hydrogen-bond donors (Lipinski definition) is 0. The quantitative estimate of drug-likeness (QED) is 0.504. The van der Waals surface area contributed by atoms with Gasteiger partial charge in [-0.15, -0.1) is 0 Å². The van der Waals surface area contributed by atoms with Gasteiger partial charge in [0.2, 0.25) is 0 Å². The molecular formula is C23H23N5OS. The van der Waals surface area contributed by atoms with Crippen molar-refractivity contribution in [1.29, 1.82) is 0 Å². The molecule has 0 bridgehead atoms. The molecule has 6 nitrogen and oxygen atoms in total. The van der Waals surface area contributed by atoms with E-state index in [0.29, 0.717) is 13.1 Å². The van der Waals surface area contributed by atoms with Crippen molar-refractivity contribution in [2.45, 2.75) is 13.8 Å². The molecule has 4 aromatic rings. The number of amides is 1. The number of carbonyl (C=O) groups is 1. The Balaban J connectivity index is 1.32. The van der Waals surface area contributed by atoms with Crippen LogP contribution < -0.4 is 4.90 Å². The summed E-state index contributed by atoms with van der Waals surface area (Å²) < 4.78 is 2.15. The van der Waals surface area contributed by atoms with Crippen molar-refractivity contribution in [2.75, 3.05) is 31.1 Å². The fourth-order valence-electron chi connectivity index (χ4n) is 4.12. The first-order chi connectivity index (χ1) is 14.6. The van der Waals surface area contributed by atoms with Gasteiger partial charge in [0, 0.05) is 49.5 Å². The summed E-state index contributed by atoms with van der Waals surface area (Å²) in [4.78, 5) is 27.5. The number of rotatable bonds is 3. The van der Waals surface area contributed by atoms with Gasteiger partial charge >= 0.3 is 0 Å². The summed E-state index contributed by atoms with van der Waals surface area (Å²) in [6.07, 6.45) is 1.80. The van der Waals surface area contributed by atoms with E-state index in [-0.39, 0.29) is 5.91 Å². The average molecular weight is 418 g/mol. The summed E-state index contributed by atoms with van der Waals surface area (Å²) in [5, 5.41) is 0.984. The van der Waals surface area contributed by atoms with Gasteiger partial charge in [0.25, 0.3) is 5.91 Å². The lowest BCUT2D eigenvalue weighted by Crippen LogP contribution is -2.48. The predicted molar refractivity (Wildman–Crippen MR) is 121 cm³/mol. The molecule has 0 atom stereocenters. The summed E-state index contributed by atoms with van der Waals surface area (Å²) in [6.45, 7) is 7.02. The zero-order valence-electron chi connectivity index (χ0n) is 17.1. The molecule has 0 aliphatic carbocycles. The molecule has 1 aliphatic heterocycles. The van der Waals surface area contributed by atoms with Gasteiger partial charge in [-0.3, -0.25) is 4.79 Å². The van der Waals surface area contributed by atoms with Crippen LogP contribution in [-0.4, -0.2) is 51.5 Å². The van der Waals surface area contributed by atoms with Crippen molar-refractivity contribution in [3.05, 3.63) is 71.7 Å². The summed E-state index contributed by atoms with van der Waals surface area (Å²) in [6, 6.07) is 16.1. The SMILES string of the molecule is Cc1cc(C(=O)N2CCN(c3nc4cccnc4s3)CC2)c(C)n1-c1ccccc1. The van der Waals surface area contributed by atoms with Crippen molar-refractivity contribution in [3.63, 3.8) is 0 Å². The van der Waals surface area contributed by atoms with E-state index < -0.39 is 0 Å². The van der Waals surface area contributed by atoms with E-state index in [1.807, 2.05) is 48.2 Å². The molecule has 7 heteroatoms. The van der Waals surface area contributed by atoms with Crippen LogP contribution in [0.15, 0.2) is 54.7 Å². The number of fused-ring (bicyclic) bond motifs is 1. The number of pyridine rings is 1. The van der Waals surface area contributed by atoms with Crippen molar-refractivity contribution >= 4 is 32.7 Å². The van der Waals surface area contributed by atoms with E-state index in [1.54, 1.807) is 17.5 Å². The van der Waals surface area contributed by atoms with Crippen LogP contribution in [0.4, 0.5) is 5.13 Å². The van der Waals surface area contributed by atoms with Gasteiger partial charge in [0.05, 0.1) is 5.56 Å². The second kappa shape index (κ2) is 7.57. The van der Waals surface area contributed by atoms with Crippen molar-refractivity contribution in [2.24, 2.45) is 0 Å². The lowest BCUT2D eigenvalue weighted by atomic mass is 10.2. The number of para-hydroxylation sites is 1. The highest BCUT2D eigenvalue weighted by Crippen LogP contribution is 2.28. The van der Waals surface area contributed by atoms with Gasteiger partial charge in [0.1, 0.15) is 10.3 Å². The minimum absolute atomic E-state index is 0.107. The zero-order chi connectivity index (χ0) is 20.7. The third-order valence-corrected chi connectivity index (χ3v) is 6.71. The molecule has 3 aromatic heterocycles. The molecule has 0 saturated carbocycles. The van der Waals surface area contributed by atoms with E-state index in [0.717, 1.165) is 51.2 Å². The van der Waals surface area contributed by atoms with E-state index in [1.165, 1.54) is 0 Å². The monoisotopic (exact) mass is 417 g/mol. The van der Waals surface area contributed by atoms with E-state index in [9.17, 15) is 4.79 Å². The van der Waals surface area contributed by atoms with Gasteiger partial charge in [-0.1, -0.05) is 29.5 Å². The van der Waals surface area contributed by atoms with Crippen LogP contribution >= 0.6 is 11.3 Å². The molecule has 1 fully saturated rings. The number of benzene rings is 1. The molecule has 1 amide bonds. The molecule has 1 saturated heterocycles. The first-order valence-corrected chi connectivity index (χ1v) is 10.9. The Hall–Kier alpha value is -3.19. The third kappa shape index (κ3) is 3.25. The Morgan fingerprint density at radius 1 is 1.00 bits per heavy atom. The maximum absolute atomic E-state index is 13.3. The van der Waals surface area contributed by atoms with Gasteiger partial charge < -0.3 is 14.4 Å². The third-order valence-electron chi connectivity index (χ3n) is 5.67. The fraction of sp³-hybridized carbons (Fsp3) is 0.261. The Morgan fingerprint density at radius 3 is 2.50 bits per heavy atom. The Labute approximate surface area is 179 Å². The minimum atomic E-state index is 0.107.